The van der Waals surface area contributed by atoms with E-state index in [-0.39, 0.29) is 11.3 Å². The molecule has 0 saturated heterocycles. The van der Waals surface area contributed by atoms with Crippen molar-refractivity contribution in [3.8, 4) is 17.6 Å². The van der Waals surface area contributed by atoms with Gasteiger partial charge in [0.1, 0.15) is 11.3 Å². The predicted molar refractivity (Wildman–Crippen MR) is 60.4 cm³/mol. The molecule has 2 N–H and O–H groups in total. The Hall–Kier alpha value is -1.60. The lowest BCUT2D eigenvalue weighted by Crippen LogP contribution is -1.97. The highest BCUT2D eigenvalue weighted by Crippen LogP contribution is 2.17. The van der Waals surface area contributed by atoms with Crippen LogP contribution in [0.5, 0.6) is 5.75 Å². The van der Waals surface area contributed by atoms with E-state index in [1.54, 1.807) is 6.07 Å². The van der Waals surface area contributed by atoms with Gasteiger partial charge < -0.3 is 10.2 Å². The summed E-state index contributed by atoms with van der Waals surface area (Å²) in [5, 5.41) is 18.0. The second kappa shape index (κ2) is 5.32. The van der Waals surface area contributed by atoms with Gasteiger partial charge in [0.25, 0.3) is 0 Å². The zero-order valence-electron chi connectivity index (χ0n) is 7.90. The number of phenols is 1. The van der Waals surface area contributed by atoms with Gasteiger partial charge in [-0.3, -0.25) is 0 Å². The fourth-order valence-electron chi connectivity index (χ4n) is 1.01. The number of carboxylic acids is 1. The second-order valence-corrected chi connectivity index (χ2v) is 3.26. The van der Waals surface area contributed by atoms with E-state index in [9.17, 15) is 9.90 Å². The molecule has 0 aromatic heterocycles. The van der Waals surface area contributed by atoms with Gasteiger partial charge in [0, 0.05) is 17.7 Å². The van der Waals surface area contributed by atoms with Gasteiger partial charge in [0.2, 0.25) is 0 Å². The zero-order valence-corrected chi connectivity index (χ0v) is 8.79. The first-order valence-electron chi connectivity index (χ1n) is 4.31. The first kappa shape index (κ1) is 11.5. The van der Waals surface area contributed by atoms with E-state index in [2.05, 4.69) is 24.5 Å². The fraction of sp³-hybridized carbons (Fsp3) is 0.182. The molecular formula is C11H10O3S. The molecule has 0 spiro atoms. The molecule has 0 heterocycles. The topological polar surface area (TPSA) is 57.5 Å². The number of carboxylic acid groups (broad SMARTS) is 1. The van der Waals surface area contributed by atoms with Crippen LogP contribution in [-0.2, 0) is 0 Å². The monoisotopic (exact) mass is 222 g/mol. The zero-order chi connectivity index (χ0) is 11.3. The highest BCUT2D eigenvalue weighted by atomic mass is 32.1. The first-order valence-corrected chi connectivity index (χ1v) is 4.94. The third-order valence-electron chi connectivity index (χ3n) is 1.70. The third kappa shape index (κ3) is 3.22. The minimum absolute atomic E-state index is 0.132. The van der Waals surface area contributed by atoms with E-state index in [1.165, 1.54) is 12.1 Å². The normalized spacial score (nSPS) is 9.13. The number of aromatic hydroxyl groups is 1. The number of rotatable bonds is 2. The van der Waals surface area contributed by atoms with Crippen LogP contribution in [0.4, 0.5) is 0 Å². The van der Waals surface area contributed by atoms with Crippen molar-refractivity contribution in [3.63, 3.8) is 0 Å². The Balaban J connectivity index is 2.99. The first-order chi connectivity index (χ1) is 7.15. The summed E-state index contributed by atoms with van der Waals surface area (Å²) in [5.74, 6) is 4.88. The van der Waals surface area contributed by atoms with Crippen molar-refractivity contribution >= 4 is 18.6 Å². The van der Waals surface area contributed by atoms with Crippen LogP contribution < -0.4 is 0 Å². The highest BCUT2D eigenvalue weighted by molar-refractivity contribution is 7.80. The molecule has 1 aromatic carbocycles. The Labute approximate surface area is 93.2 Å². The molecule has 15 heavy (non-hydrogen) atoms. The maximum absolute atomic E-state index is 10.7. The van der Waals surface area contributed by atoms with Crippen molar-refractivity contribution in [2.24, 2.45) is 0 Å². The molecule has 0 amide bonds. The molecule has 0 aliphatic carbocycles. The Morgan fingerprint density at radius 2 is 2.20 bits per heavy atom. The SMILES string of the molecule is O=C(O)c1cc(C#CCCS)ccc1O. The molecule has 1 rings (SSSR count). The van der Waals surface area contributed by atoms with Gasteiger partial charge in [-0.2, -0.15) is 12.6 Å². The predicted octanol–water partition coefficient (Wildman–Crippen LogP) is 1.76. The van der Waals surface area contributed by atoms with E-state index in [1.807, 2.05) is 0 Å². The number of thiol groups is 1. The fourth-order valence-corrected chi connectivity index (χ4v) is 1.12. The van der Waals surface area contributed by atoms with Crippen LogP contribution in [-0.4, -0.2) is 21.9 Å². The standard InChI is InChI=1S/C11H10O3S/c12-10-5-4-8(3-1-2-6-15)7-9(10)11(13)14/h4-5,7,12,15H,2,6H2,(H,13,14). The average Bonchev–Trinajstić information content (AvgIpc) is 2.20. The summed E-state index contributed by atoms with van der Waals surface area (Å²) in [6, 6.07) is 4.25. The summed E-state index contributed by atoms with van der Waals surface area (Å²) >= 11 is 4.00. The molecule has 1 aromatic rings. The smallest absolute Gasteiger partial charge is 0.339 e. The quantitative estimate of drug-likeness (QED) is 0.528. The van der Waals surface area contributed by atoms with Crippen molar-refractivity contribution in [2.45, 2.75) is 6.42 Å². The van der Waals surface area contributed by atoms with Crippen molar-refractivity contribution in [1.29, 1.82) is 0 Å². The maximum Gasteiger partial charge on any atom is 0.339 e. The Morgan fingerprint density at radius 1 is 1.47 bits per heavy atom. The minimum atomic E-state index is -1.16. The van der Waals surface area contributed by atoms with Gasteiger partial charge in [0.05, 0.1) is 0 Å². The Kier molecular flexibility index (Phi) is 4.07. The molecule has 0 atom stereocenters. The van der Waals surface area contributed by atoms with Crippen LogP contribution in [0.3, 0.4) is 0 Å². The summed E-state index contributed by atoms with van der Waals surface area (Å²) < 4.78 is 0. The summed E-state index contributed by atoms with van der Waals surface area (Å²) in [6.07, 6.45) is 0.645. The van der Waals surface area contributed by atoms with Gasteiger partial charge >= 0.3 is 5.97 Å². The number of carbonyl (C=O) groups is 1. The number of hydrogen-bond donors (Lipinski definition) is 3. The van der Waals surface area contributed by atoms with Gasteiger partial charge in [-0.1, -0.05) is 11.8 Å². The third-order valence-corrected chi connectivity index (χ3v) is 1.92. The summed E-state index contributed by atoms with van der Waals surface area (Å²) in [5.41, 5.74) is 0.444. The summed E-state index contributed by atoms with van der Waals surface area (Å²) in [6.45, 7) is 0. The highest BCUT2D eigenvalue weighted by Gasteiger charge is 2.08. The maximum atomic E-state index is 10.7. The minimum Gasteiger partial charge on any atom is -0.507 e. The van der Waals surface area contributed by atoms with Crippen LogP contribution in [0.1, 0.15) is 22.3 Å². The van der Waals surface area contributed by atoms with Gasteiger partial charge in [-0.05, 0) is 18.2 Å². The lowest BCUT2D eigenvalue weighted by atomic mass is 10.1. The number of benzene rings is 1. The Morgan fingerprint density at radius 3 is 2.80 bits per heavy atom. The molecule has 0 unspecified atom stereocenters. The van der Waals surface area contributed by atoms with Crippen LogP contribution in [0.25, 0.3) is 0 Å². The molecular weight excluding hydrogens is 212 g/mol. The molecule has 0 bridgehead atoms. The summed E-state index contributed by atoms with van der Waals surface area (Å²) in [7, 11) is 0. The molecule has 0 aliphatic heterocycles. The molecule has 3 nitrogen and oxygen atoms in total. The van der Waals surface area contributed by atoms with E-state index in [0.29, 0.717) is 17.7 Å². The molecule has 0 radical (unpaired) electrons. The van der Waals surface area contributed by atoms with Crippen molar-refractivity contribution in [2.75, 3.05) is 5.75 Å². The van der Waals surface area contributed by atoms with Crippen LogP contribution >= 0.6 is 12.6 Å². The number of hydrogen-bond acceptors (Lipinski definition) is 3. The van der Waals surface area contributed by atoms with Crippen molar-refractivity contribution < 1.29 is 15.0 Å². The number of aromatic carboxylic acids is 1. The molecule has 4 heteroatoms. The Bertz CT molecular complexity index is 429. The van der Waals surface area contributed by atoms with Gasteiger partial charge in [-0.15, -0.1) is 0 Å². The average molecular weight is 222 g/mol. The van der Waals surface area contributed by atoms with Crippen LogP contribution in [0, 0.1) is 11.8 Å². The largest absolute Gasteiger partial charge is 0.507 e. The van der Waals surface area contributed by atoms with E-state index in [4.69, 9.17) is 5.11 Å². The lowest BCUT2D eigenvalue weighted by molar-refractivity contribution is 0.0693. The van der Waals surface area contributed by atoms with E-state index in [0.717, 1.165) is 0 Å². The summed E-state index contributed by atoms with van der Waals surface area (Å²) in [4.78, 5) is 10.7. The van der Waals surface area contributed by atoms with Gasteiger partial charge in [-0.25, -0.2) is 4.79 Å². The molecule has 0 aliphatic rings. The molecule has 0 saturated carbocycles. The molecule has 0 fully saturated rings. The second-order valence-electron chi connectivity index (χ2n) is 2.81. The molecule has 78 valence electrons. The van der Waals surface area contributed by atoms with Gasteiger partial charge in [0.15, 0.2) is 0 Å². The van der Waals surface area contributed by atoms with Crippen molar-refractivity contribution in [1.82, 2.24) is 0 Å². The lowest BCUT2D eigenvalue weighted by Gasteiger charge is -1.98. The van der Waals surface area contributed by atoms with Crippen LogP contribution in [0.15, 0.2) is 18.2 Å². The van der Waals surface area contributed by atoms with Crippen molar-refractivity contribution in [3.05, 3.63) is 29.3 Å². The van der Waals surface area contributed by atoms with E-state index >= 15 is 0 Å². The van der Waals surface area contributed by atoms with Crippen LogP contribution in [0.2, 0.25) is 0 Å². The van der Waals surface area contributed by atoms with E-state index < -0.39 is 5.97 Å².